The fraction of sp³-hybridized carbons (Fsp3) is 0.538. The molecular weight excluding hydrogens is 232 g/mol. The second-order valence-electron chi connectivity index (χ2n) is 3.95. The number of nitrogens with one attached hydrogen (secondary N) is 1. The van der Waals surface area contributed by atoms with Gasteiger partial charge in [0.1, 0.15) is 0 Å². The Kier molecular flexibility index (Phi) is 7.51. The van der Waals surface area contributed by atoms with Crippen LogP contribution < -0.4 is 5.32 Å². The number of hydrogen-bond acceptors (Lipinski definition) is 4. The van der Waals surface area contributed by atoms with Crippen LogP contribution in [0.5, 0.6) is 0 Å². The predicted molar refractivity (Wildman–Crippen MR) is 70.6 cm³/mol. The van der Waals surface area contributed by atoms with Crippen LogP contribution in [0.25, 0.3) is 0 Å². The van der Waals surface area contributed by atoms with E-state index in [2.05, 4.69) is 23.2 Å². The molecule has 0 aromatic carbocycles. The second kappa shape index (κ2) is 8.33. The minimum absolute atomic E-state index is 0.220. The lowest BCUT2D eigenvalue weighted by atomic mass is 10.2. The molecule has 0 aliphatic heterocycles. The van der Waals surface area contributed by atoms with Gasteiger partial charge in [0.15, 0.2) is 0 Å². The van der Waals surface area contributed by atoms with Gasteiger partial charge >= 0.3 is 5.97 Å². The molecule has 102 valence electrons. The quantitative estimate of drug-likeness (QED) is 0.404. The van der Waals surface area contributed by atoms with Crippen molar-refractivity contribution >= 4 is 11.9 Å². The monoisotopic (exact) mass is 254 g/mol. The zero-order valence-corrected chi connectivity index (χ0v) is 11.4. The molecule has 0 radical (unpaired) electrons. The van der Waals surface area contributed by atoms with E-state index in [1.807, 2.05) is 6.92 Å². The minimum Gasteiger partial charge on any atom is -0.469 e. The first-order valence-corrected chi connectivity index (χ1v) is 5.84. The van der Waals surface area contributed by atoms with E-state index in [1.54, 1.807) is 11.9 Å². The van der Waals surface area contributed by atoms with Gasteiger partial charge in [0.05, 0.1) is 12.8 Å². The number of carbonyl (C=O) groups is 2. The fourth-order valence-electron chi connectivity index (χ4n) is 1.46. The van der Waals surface area contributed by atoms with Gasteiger partial charge in [-0.2, -0.15) is 0 Å². The summed E-state index contributed by atoms with van der Waals surface area (Å²) in [7, 11) is 2.93. The Morgan fingerprint density at radius 1 is 1.28 bits per heavy atom. The van der Waals surface area contributed by atoms with Crippen LogP contribution in [-0.4, -0.2) is 37.5 Å². The Morgan fingerprint density at radius 2 is 1.89 bits per heavy atom. The van der Waals surface area contributed by atoms with Crippen molar-refractivity contribution < 1.29 is 14.3 Å². The number of amides is 1. The molecule has 1 amide bonds. The molecule has 5 heteroatoms. The van der Waals surface area contributed by atoms with Crippen molar-refractivity contribution in [1.29, 1.82) is 0 Å². The highest BCUT2D eigenvalue weighted by molar-refractivity contribution is 5.92. The van der Waals surface area contributed by atoms with Gasteiger partial charge in [-0.25, -0.2) is 0 Å². The van der Waals surface area contributed by atoms with Gasteiger partial charge in [-0.3, -0.25) is 9.59 Å². The SMILES string of the molecule is C=C(C)N(CCCCC(=O)OC)C(=C)C(=O)NC. The van der Waals surface area contributed by atoms with Crippen LogP contribution >= 0.6 is 0 Å². The molecule has 0 saturated heterocycles. The summed E-state index contributed by atoms with van der Waals surface area (Å²) in [6.07, 6.45) is 1.85. The lowest BCUT2D eigenvalue weighted by Gasteiger charge is -2.25. The first-order chi connectivity index (χ1) is 8.43. The van der Waals surface area contributed by atoms with Crippen molar-refractivity contribution in [2.24, 2.45) is 0 Å². The van der Waals surface area contributed by atoms with Crippen molar-refractivity contribution in [2.45, 2.75) is 26.2 Å². The average Bonchev–Trinajstić information content (AvgIpc) is 2.36. The third-order valence-corrected chi connectivity index (χ3v) is 2.52. The summed E-state index contributed by atoms with van der Waals surface area (Å²) in [5.74, 6) is -0.451. The van der Waals surface area contributed by atoms with E-state index in [1.165, 1.54) is 7.11 Å². The molecular formula is C13H22N2O3. The number of likely N-dealkylation sites (N-methyl/N-ethyl adjacent to an activating group) is 1. The van der Waals surface area contributed by atoms with E-state index in [0.29, 0.717) is 25.1 Å². The highest BCUT2D eigenvalue weighted by Gasteiger charge is 2.14. The van der Waals surface area contributed by atoms with E-state index < -0.39 is 0 Å². The second-order valence-corrected chi connectivity index (χ2v) is 3.95. The molecule has 0 fully saturated rings. The summed E-state index contributed by atoms with van der Waals surface area (Å²) in [5.41, 5.74) is 1.12. The van der Waals surface area contributed by atoms with E-state index in [9.17, 15) is 9.59 Å². The zero-order chi connectivity index (χ0) is 14.1. The maximum absolute atomic E-state index is 11.5. The van der Waals surface area contributed by atoms with Crippen molar-refractivity contribution in [3.05, 3.63) is 24.6 Å². The number of esters is 1. The molecule has 0 aliphatic rings. The number of carbonyl (C=O) groups excluding carboxylic acids is 2. The van der Waals surface area contributed by atoms with Crippen LogP contribution in [0.15, 0.2) is 24.6 Å². The zero-order valence-electron chi connectivity index (χ0n) is 11.4. The van der Waals surface area contributed by atoms with Gasteiger partial charge in [-0.15, -0.1) is 0 Å². The number of nitrogens with zero attached hydrogens (tertiary/aromatic N) is 1. The van der Waals surface area contributed by atoms with E-state index in [4.69, 9.17) is 0 Å². The lowest BCUT2D eigenvalue weighted by molar-refractivity contribution is -0.140. The molecule has 0 heterocycles. The van der Waals surface area contributed by atoms with Crippen molar-refractivity contribution in [1.82, 2.24) is 10.2 Å². The van der Waals surface area contributed by atoms with Gasteiger partial charge in [0.2, 0.25) is 0 Å². The van der Waals surface area contributed by atoms with Gasteiger partial charge in [-0.1, -0.05) is 13.2 Å². The number of hydrogen-bond donors (Lipinski definition) is 1. The van der Waals surface area contributed by atoms with Gasteiger partial charge in [-0.05, 0) is 19.8 Å². The van der Waals surface area contributed by atoms with Crippen molar-refractivity contribution in [3.8, 4) is 0 Å². The molecule has 0 spiro atoms. The molecule has 5 nitrogen and oxygen atoms in total. The number of rotatable bonds is 8. The molecule has 18 heavy (non-hydrogen) atoms. The molecule has 0 saturated carbocycles. The summed E-state index contributed by atoms with van der Waals surface area (Å²) in [6, 6.07) is 0. The number of methoxy groups -OCH3 is 1. The maximum Gasteiger partial charge on any atom is 0.305 e. The van der Waals surface area contributed by atoms with Gasteiger partial charge in [0.25, 0.3) is 5.91 Å². The number of unbranched alkanes of at least 4 members (excludes halogenated alkanes) is 1. The standard InChI is InChI=1S/C13H22N2O3/c1-10(2)15(11(3)13(17)14-4)9-7-6-8-12(16)18-5/h1,3,6-9H2,2,4-5H3,(H,14,17). The summed E-state index contributed by atoms with van der Waals surface area (Å²) >= 11 is 0. The normalized spacial score (nSPS) is 9.50. The molecule has 0 aromatic rings. The fourth-order valence-corrected chi connectivity index (χ4v) is 1.46. The largest absolute Gasteiger partial charge is 0.469 e. The number of ether oxygens (including phenoxy) is 1. The van der Waals surface area contributed by atoms with Crippen molar-refractivity contribution in [2.75, 3.05) is 20.7 Å². The lowest BCUT2D eigenvalue weighted by Crippen LogP contribution is -2.32. The smallest absolute Gasteiger partial charge is 0.305 e. The first-order valence-electron chi connectivity index (χ1n) is 5.84. The Balaban J connectivity index is 4.22. The van der Waals surface area contributed by atoms with Crippen molar-refractivity contribution in [3.63, 3.8) is 0 Å². The van der Waals surface area contributed by atoms with Crippen LogP contribution in [0.1, 0.15) is 26.2 Å². The van der Waals surface area contributed by atoms with Crippen LogP contribution in [-0.2, 0) is 14.3 Å². The van der Waals surface area contributed by atoms with E-state index in [0.717, 1.165) is 12.1 Å². The Labute approximate surface area is 108 Å². The third kappa shape index (κ3) is 5.52. The summed E-state index contributed by atoms with van der Waals surface area (Å²) in [4.78, 5) is 24.2. The third-order valence-electron chi connectivity index (χ3n) is 2.52. The van der Waals surface area contributed by atoms with Crippen LogP contribution in [0.4, 0.5) is 0 Å². The predicted octanol–water partition coefficient (Wildman–Crippen LogP) is 1.43. The highest BCUT2D eigenvalue weighted by Crippen LogP contribution is 2.12. The van der Waals surface area contributed by atoms with Gasteiger partial charge < -0.3 is 15.0 Å². The molecule has 0 rings (SSSR count). The molecule has 0 unspecified atom stereocenters. The first kappa shape index (κ1) is 16.2. The van der Waals surface area contributed by atoms with Gasteiger partial charge in [0, 0.05) is 25.7 Å². The van der Waals surface area contributed by atoms with E-state index >= 15 is 0 Å². The van der Waals surface area contributed by atoms with Crippen LogP contribution in [0, 0.1) is 0 Å². The highest BCUT2D eigenvalue weighted by atomic mass is 16.5. The molecule has 0 aromatic heterocycles. The Bertz CT molecular complexity index is 337. The summed E-state index contributed by atoms with van der Waals surface area (Å²) in [6.45, 7) is 9.98. The molecule has 0 aliphatic carbocycles. The maximum atomic E-state index is 11.5. The molecule has 0 bridgehead atoms. The summed E-state index contributed by atoms with van der Waals surface area (Å²) in [5, 5.41) is 2.52. The summed E-state index contributed by atoms with van der Waals surface area (Å²) < 4.78 is 4.56. The Morgan fingerprint density at radius 3 is 2.33 bits per heavy atom. The average molecular weight is 254 g/mol. The van der Waals surface area contributed by atoms with Crippen LogP contribution in [0.3, 0.4) is 0 Å². The Hall–Kier alpha value is -1.78. The van der Waals surface area contributed by atoms with E-state index in [-0.39, 0.29) is 11.9 Å². The topological polar surface area (TPSA) is 58.6 Å². The minimum atomic E-state index is -0.231. The number of allylic oxidation sites excluding steroid dienone is 1. The molecule has 0 atom stereocenters. The van der Waals surface area contributed by atoms with Crippen LogP contribution in [0.2, 0.25) is 0 Å². The molecule has 1 N–H and O–H groups in total.